The van der Waals surface area contributed by atoms with Crippen LogP contribution < -0.4 is 5.32 Å². The smallest absolute Gasteiger partial charge is 0.224 e. The van der Waals surface area contributed by atoms with Crippen molar-refractivity contribution in [2.24, 2.45) is 11.3 Å². The summed E-state index contributed by atoms with van der Waals surface area (Å²) in [4.78, 5) is 11.8. The second-order valence-corrected chi connectivity index (χ2v) is 4.90. The van der Waals surface area contributed by atoms with Crippen LogP contribution in [-0.4, -0.2) is 11.1 Å². The highest BCUT2D eigenvalue weighted by molar-refractivity contribution is 5.82. The van der Waals surface area contributed by atoms with E-state index in [1.165, 1.54) is 6.26 Å². The van der Waals surface area contributed by atoms with Gasteiger partial charge in [-0.15, -0.1) is 0 Å². The molecule has 0 aromatic carbocycles. The lowest BCUT2D eigenvalue weighted by Crippen LogP contribution is -2.29. The van der Waals surface area contributed by atoms with Crippen molar-refractivity contribution in [3.05, 3.63) is 18.0 Å². The maximum atomic E-state index is 11.8. The monoisotopic (exact) mass is 208 g/mol. The molecule has 0 radical (unpaired) electrons. The van der Waals surface area contributed by atoms with Gasteiger partial charge in [0.15, 0.2) is 0 Å². The molecule has 4 nitrogen and oxygen atoms in total. The summed E-state index contributed by atoms with van der Waals surface area (Å²) in [5.74, 6) is 0.280. The highest BCUT2D eigenvalue weighted by atomic mass is 16.5. The van der Waals surface area contributed by atoms with Crippen LogP contribution in [0.5, 0.6) is 0 Å². The van der Waals surface area contributed by atoms with Crippen molar-refractivity contribution in [3.63, 3.8) is 0 Å². The summed E-state index contributed by atoms with van der Waals surface area (Å²) in [7, 11) is 0. The molecular weight excluding hydrogens is 192 g/mol. The molecule has 1 saturated carbocycles. The Morgan fingerprint density at radius 3 is 2.87 bits per heavy atom. The molecule has 0 aliphatic heterocycles. The van der Waals surface area contributed by atoms with E-state index in [-0.39, 0.29) is 23.3 Å². The fourth-order valence-electron chi connectivity index (χ4n) is 1.75. The van der Waals surface area contributed by atoms with Gasteiger partial charge in [0, 0.05) is 12.0 Å². The zero-order valence-corrected chi connectivity index (χ0v) is 9.28. The Kier molecular flexibility index (Phi) is 2.29. The first-order chi connectivity index (χ1) is 7.00. The van der Waals surface area contributed by atoms with Crippen LogP contribution in [0.1, 0.15) is 38.9 Å². The fraction of sp³-hybridized carbons (Fsp3) is 0.636. The van der Waals surface area contributed by atoms with Gasteiger partial charge in [0.05, 0.1) is 6.04 Å². The molecule has 1 aromatic rings. The summed E-state index contributed by atoms with van der Waals surface area (Å²) < 4.78 is 4.73. The Morgan fingerprint density at radius 1 is 1.73 bits per heavy atom. The lowest BCUT2D eigenvalue weighted by molar-refractivity contribution is -0.123. The van der Waals surface area contributed by atoms with Gasteiger partial charge in [0.25, 0.3) is 0 Å². The maximum Gasteiger partial charge on any atom is 0.224 e. The minimum absolute atomic E-state index is 0.0763. The van der Waals surface area contributed by atoms with Crippen LogP contribution in [0.3, 0.4) is 0 Å². The van der Waals surface area contributed by atoms with Crippen molar-refractivity contribution in [1.82, 2.24) is 10.5 Å². The Balaban J connectivity index is 1.90. The minimum atomic E-state index is -0.0763. The van der Waals surface area contributed by atoms with Crippen molar-refractivity contribution in [3.8, 4) is 0 Å². The van der Waals surface area contributed by atoms with Crippen molar-refractivity contribution in [2.45, 2.75) is 33.2 Å². The zero-order valence-electron chi connectivity index (χ0n) is 9.28. The minimum Gasteiger partial charge on any atom is -0.364 e. The number of hydrogen-bond donors (Lipinski definition) is 1. The third-order valence-corrected chi connectivity index (χ3v) is 3.09. The molecule has 0 saturated heterocycles. The summed E-state index contributed by atoms with van der Waals surface area (Å²) in [5.41, 5.74) is 0.940. The molecule has 1 heterocycles. The molecule has 82 valence electrons. The quantitative estimate of drug-likeness (QED) is 0.825. The topological polar surface area (TPSA) is 55.1 Å². The Hall–Kier alpha value is -1.32. The van der Waals surface area contributed by atoms with E-state index in [1.54, 1.807) is 6.07 Å². The normalized spacial score (nSPS) is 24.6. The lowest BCUT2D eigenvalue weighted by Gasteiger charge is -2.11. The number of nitrogens with one attached hydrogen (secondary N) is 1. The number of rotatable bonds is 3. The van der Waals surface area contributed by atoms with Gasteiger partial charge < -0.3 is 9.84 Å². The molecule has 1 aromatic heterocycles. The van der Waals surface area contributed by atoms with Gasteiger partial charge in [-0.05, 0) is 18.8 Å². The first-order valence-corrected chi connectivity index (χ1v) is 5.21. The van der Waals surface area contributed by atoms with E-state index in [2.05, 4.69) is 24.3 Å². The van der Waals surface area contributed by atoms with Gasteiger partial charge in [-0.25, -0.2) is 0 Å². The molecule has 1 amide bonds. The van der Waals surface area contributed by atoms with Crippen LogP contribution in [0.15, 0.2) is 16.9 Å². The highest BCUT2D eigenvalue weighted by Gasteiger charge is 2.50. The average molecular weight is 208 g/mol. The summed E-state index contributed by atoms with van der Waals surface area (Å²) in [6.07, 6.45) is 2.49. The first kappa shape index (κ1) is 10.2. The van der Waals surface area contributed by atoms with Crippen molar-refractivity contribution >= 4 is 5.91 Å². The Bertz CT molecular complexity index is 357. The van der Waals surface area contributed by atoms with Gasteiger partial charge >= 0.3 is 0 Å². The van der Waals surface area contributed by atoms with Gasteiger partial charge in [0.1, 0.15) is 12.0 Å². The number of carbonyl (C=O) groups is 1. The predicted octanol–water partition coefficient (Wildman–Crippen LogP) is 1.90. The Labute approximate surface area is 89.0 Å². The van der Waals surface area contributed by atoms with Crippen LogP contribution >= 0.6 is 0 Å². The van der Waals surface area contributed by atoms with E-state index in [0.29, 0.717) is 0 Å². The standard InChI is InChI=1S/C11H16N2O2/c1-7(9-4-5-15-13-9)12-10(14)8-6-11(8,2)3/h4-5,7-8H,6H2,1-3H3,(H,12,14)/t7?,8-/m1/s1. The van der Waals surface area contributed by atoms with Crippen molar-refractivity contribution in [2.75, 3.05) is 0 Å². The van der Waals surface area contributed by atoms with E-state index in [9.17, 15) is 4.79 Å². The second kappa shape index (κ2) is 3.36. The summed E-state index contributed by atoms with van der Waals surface area (Å²) >= 11 is 0. The maximum absolute atomic E-state index is 11.8. The molecule has 1 aliphatic rings. The molecular formula is C11H16N2O2. The molecule has 4 heteroatoms. The molecule has 2 atom stereocenters. The molecule has 0 bridgehead atoms. The van der Waals surface area contributed by atoms with Crippen LogP contribution in [0.25, 0.3) is 0 Å². The third kappa shape index (κ3) is 2.03. The zero-order chi connectivity index (χ0) is 11.1. The Morgan fingerprint density at radius 2 is 2.40 bits per heavy atom. The molecule has 1 fully saturated rings. The van der Waals surface area contributed by atoms with Crippen molar-refractivity contribution in [1.29, 1.82) is 0 Å². The van der Waals surface area contributed by atoms with Crippen molar-refractivity contribution < 1.29 is 9.32 Å². The van der Waals surface area contributed by atoms with Crippen LogP contribution in [0.2, 0.25) is 0 Å². The summed E-state index contributed by atoms with van der Waals surface area (Å²) in [6, 6.07) is 1.69. The molecule has 1 aliphatic carbocycles. The molecule has 1 unspecified atom stereocenters. The van der Waals surface area contributed by atoms with Crippen LogP contribution in [0.4, 0.5) is 0 Å². The van der Waals surface area contributed by atoms with E-state index in [4.69, 9.17) is 4.52 Å². The number of hydrogen-bond acceptors (Lipinski definition) is 3. The molecule has 2 rings (SSSR count). The first-order valence-electron chi connectivity index (χ1n) is 5.21. The molecule has 1 N–H and O–H groups in total. The largest absolute Gasteiger partial charge is 0.364 e. The van der Waals surface area contributed by atoms with Crippen LogP contribution in [0, 0.1) is 11.3 Å². The predicted molar refractivity (Wildman–Crippen MR) is 54.9 cm³/mol. The lowest BCUT2D eigenvalue weighted by atomic mass is 10.1. The van der Waals surface area contributed by atoms with Gasteiger partial charge in [0.2, 0.25) is 5.91 Å². The highest BCUT2D eigenvalue weighted by Crippen LogP contribution is 2.51. The number of carbonyl (C=O) groups excluding carboxylic acids is 1. The number of nitrogens with zero attached hydrogens (tertiary/aromatic N) is 1. The van der Waals surface area contributed by atoms with E-state index < -0.39 is 0 Å². The van der Waals surface area contributed by atoms with E-state index in [0.717, 1.165) is 12.1 Å². The molecule has 15 heavy (non-hydrogen) atoms. The second-order valence-electron chi connectivity index (χ2n) is 4.90. The summed E-state index contributed by atoms with van der Waals surface area (Å²) in [5, 5.41) is 6.73. The SMILES string of the molecule is CC(NC(=O)[C@H]1CC1(C)C)c1ccon1. The van der Waals surface area contributed by atoms with Gasteiger partial charge in [-0.1, -0.05) is 19.0 Å². The average Bonchev–Trinajstić information content (AvgIpc) is 2.66. The third-order valence-electron chi connectivity index (χ3n) is 3.09. The summed E-state index contributed by atoms with van der Waals surface area (Å²) in [6.45, 7) is 6.13. The molecule has 0 spiro atoms. The van der Waals surface area contributed by atoms with Gasteiger partial charge in [-0.2, -0.15) is 0 Å². The van der Waals surface area contributed by atoms with Gasteiger partial charge in [-0.3, -0.25) is 4.79 Å². The number of aromatic nitrogens is 1. The number of amides is 1. The fourth-order valence-corrected chi connectivity index (χ4v) is 1.75. The van der Waals surface area contributed by atoms with Crippen LogP contribution in [-0.2, 0) is 4.79 Å². The van der Waals surface area contributed by atoms with E-state index >= 15 is 0 Å². The van der Waals surface area contributed by atoms with E-state index in [1.807, 2.05) is 6.92 Å².